The third kappa shape index (κ3) is 7.34. The summed E-state index contributed by atoms with van der Waals surface area (Å²) in [5.74, 6) is 0.327. The molecule has 4 N–H and O–H groups in total. The van der Waals surface area contributed by atoms with E-state index in [-0.39, 0.29) is 5.91 Å². The lowest BCUT2D eigenvalue weighted by Crippen LogP contribution is -2.33. The van der Waals surface area contributed by atoms with E-state index in [1.807, 2.05) is 30.3 Å². The summed E-state index contributed by atoms with van der Waals surface area (Å²) in [7, 11) is 0. The number of aliphatic imine (C=N–C) groups is 1. The van der Waals surface area contributed by atoms with E-state index >= 15 is 0 Å². The van der Waals surface area contributed by atoms with Crippen LogP contribution in [0.3, 0.4) is 0 Å². The summed E-state index contributed by atoms with van der Waals surface area (Å²) < 4.78 is 0.949. The van der Waals surface area contributed by atoms with Crippen molar-refractivity contribution in [3.63, 3.8) is 0 Å². The Labute approximate surface area is 156 Å². The Balaban J connectivity index is 1.58. The highest BCUT2D eigenvalue weighted by molar-refractivity contribution is 9.10. The Morgan fingerprint density at radius 2 is 1.92 bits per heavy atom. The first-order valence-electron chi connectivity index (χ1n) is 8.12. The highest BCUT2D eigenvalue weighted by Gasteiger charge is 2.03. The van der Waals surface area contributed by atoms with E-state index < -0.39 is 0 Å². The van der Waals surface area contributed by atoms with Crippen LogP contribution in [-0.2, 0) is 6.42 Å². The molecule has 0 bridgehead atoms. The third-order valence-electron chi connectivity index (χ3n) is 3.42. The summed E-state index contributed by atoms with van der Waals surface area (Å²) in [4.78, 5) is 20.4. The molecular formula is C18H22BrN5O. The zero-order valence-electron chi connectivity index (χ0n) is 13.9. The Morgan fingerprint density at radius 1 is 1.12 bits per heavy atom. The molecule has 132 valence electrons. The molecule has 0 saturated heterocycles. The van der Waals surface area contributed by atoms with Gasteiger partial charge in [-0.2, -0.15) is 0 Å². The van der Waals surface area contributed by atoms with E-state index in [0.29, 0.717) is 31.2 Å². The first-order valence-corrected chi connectivity index (χ1v) is 8.92. The maximum absolute atomic E-state index is 11.9. The van der Waals surface area contributed by atoms with Gasteiger partial charge in [0.05, 0.1) is 0 Å². The minimum absolute atomic E-state index is 0.0852. The third-order valence-corrected chi connectivity index (χ3v) is 3.95. The lowest BCUT2D eigenvalue weighted by Gasteiger charge is -2.06. The van der Waals surface area contributed by atoms with Crippen molar-refractivity contribution in [3.05, 3.63) is 64.4 Å². The number of nitrogens with zero attached hydrogens (tertiary/aromatic N) is 2. The molecule has 0 aliphatic carbocycles. The van der Waals surface area contributed by atoms with Crippen LogP contribution >= 0.6 is 15.9 Å². The Hall–Kier alpha value is -2.41. The van der Waals surface area contributed by atoms with Gasteiger partial charge in [0.15, 0.2) is 5.96 Å². The number of nitrogens with two attached hydrogens (primary N) is 1. The van der Waals surface area contributed by atoms with Crippen molar-refractivity contribution in [3.8, 4) is 0 Å². The molecule has 1 heterocycles. The molecule has 0 spiro atoms. The van der Waals surface area contributed by atoms with Crippen molar-refractivity contribution in [2.45, 2.75) is 12.8 Å². The molecule has 0 aliphatic heterocycles. The van der Waals surface area contributed by atoms with Crippen molar-refractivity contribution in [1.29, 1.82) is 0 Å². The van der Waals surface area contributed by atoms with Gasteiger partial charge in [-0.05, 0) is 42.8 Å². The number of aromatic nitrogens is 1. The molecule has 1 amide bonds. The van der Waals surface area contributed by atoms with Crippen LogP contribution in [0.5, 0.6) is 0 Å². The maximum atomic E-state index is 11.9. The van der Waals surface area contributed by atoms with Gasteiger partial charge in [0.2, 0.25) is 0 Å². The average molecular weight is 404 g/mol. The van der Waals surface area contributed by atoms with Gasteiger partial charge in [-0.3, -0.25) is 14.8 Å². The molecule has 1 aromatic carbocycles. The smallest absolute Gasteiger partial charge is 0.251 e. The van der Waals surface area contributed by atoms with Gasteiger partial charge in [0, 0.05) is 48.0 Å². The van der Waals surface area contributed by atoms with Crippen LogP contribution in [0, 0.1) is 0 Å². The van der Waals surface area contributed by atoms with E-state index in [0.717, 1.165) is 23.0 Å². The molecule has 7 heteroatoms. The summed E-state index contributed by atoms with van der Waals surface area (Å²) in [5.41, 5.74) is 7.47. The number of amides is 1. The minimum Gasteiger partial charge on any atom is -0.370 e. The second-order valence-corrected chi connectivity index (χ2v) is 6.30. The average Bonchev–Trinajstić information content (AvgIpc) is 2.63. The van der Waals surface area contributed by atoms with Crippen LogP contribution < -0.4 is 16.4 Å². The van der Waals surface area contributed by atoms with E-state index in [9.17, 15) is 4.79 Å². The van der Waals surface area contributed by atoms with Crippen LogP contribution in [0.25, 0.3) is 0 Å². The maximum Gasteiger partial charge on any atom is 0.251 e. The molecule has 6 nitrogen and oxygen atoms in total. The molecule has 0 atom stereocenters. The number of hydrogen-bond donors (Lipinski definition) is 3. The molecule has 0 unspecified atom stereocenters. The molecule has 2 aromatic rings. The van der Waals surface area contributed by atoms with Crippen molar-refractivity contribution in [1.82, 2.24) is 15.6 Å². The number of rotatable bonds is 8. The van der Waals surface area contributed by atoms with Gasteiger partial charge in [0.25, 0.3) is 5.91 Å². The number of benzene rings is 1. The number of guanidine groups is 1. The summed E-state index contributed by atoms with van der Waals surface area (Å²) in [5, 5.41) is 5.92. The SMILES string of the molecule is NC(=NCCCNC(=O)c1ccc(Br)cc1)NCCc1ccccn1. The predicted octanol–water partition coefficient (Wildman–Crippen LogP) is 2.11. The Morgan fingerprint density at radius 3 is 2.64 bits per heavy atom. The largest absolute Gasteiger partial charge is 0.370 e. The van der Waals surface area contributed by atoms with Gasteiger partial charge in [0.1, 0.15) is 0 Å². The topological polar surface area (TPSA) is 92.4 Å². The molecule has 2 rings (SSSR count). The van der Waals surface area contributed by atoms with E-state index in [1.54, 1.807) is 18.3 Å². The lowest BCUT2D eigenvalue weighted by molar-refractivity contribution is 0.0953. The number of pyridine rings is 1. The molecule has 0 radical (unpaired) electrons. The first-order chi connectivity index (χ1) is 12.1. The second kappa shape index (κ2) is 10.5. The molecular weight excluding hydrogens is 382 g/mol. The normalized spacial score (nSPS) is 11.2. The quantitative estimate of drug-likeness (QED) is 0.357. The molecule has 1 aromatic heterocycles. The predicted molar refractivity (Wildman–Crippen MR) is 104 cm³/mol. The standard InChI is InChI=1S/C18H22BrN5O/c19-15-7-5-14(6-8-15)17(25)22-11-3-12-23-18(20)24-13-9-16-4-1-2-10-21-16/h1-2,4-8,10H,3,9,11-13H2,(H,22,25)(H3,20,23,24). The zero-order valence-corrected chi connectivity index (χ0v) is 15.5. The monoisotopic (exact) mass is 403 g/mol. The second-order valence-electron chi connectivity index (χ2n) is 5.38. The Kier molecular flexibility index (Phi) is 7.91. The van der Waals surface area contributed by atoms with E-state index in [4.69, 9.17) is 5.73 Å². The van der Waals surface area contributed by atoms with E-state index in [1.165, 1.54) is 0 Å². The summed E-state index contributed by atoms with van der Waals surface area (Å²) in [6.07, 6.45) is 3.29. The van der Waals surface area contributed by atoms with Crippen molar-refractivity contribution < 1.29 is 4.79 Å². The first kappa shape index (κ1) is 18.9. The summed E-state index contributed by atoms with van der Waals surface area (Å²) in [6, 6.07) is 13.1. The van der Waals surface area contributed by atoms with Crippen molar-refractivity contribution >= 4 is 27.8 Å². The number of carbonyl (C=O) groups excluding carboxylic acids is 1. The molecule has 25 heavy (non-hydrogen) atoms. The van der Waals surface area contributed by atoms with Crippen LogP contribution in [0.2, 0.25) is 0 Å². The van der Waals surface area contributed by atoms with Crippen molar-refractivity contribution in [2.24, 2.45) is 10.7 Å². The fraction of sp³-hybridized carbons (Fsp3) is 0.278. The highest BCUT2D eigenvalue weighted by atomic mass is 79.9. The summed E-state index contributed by atoms with van der Waals surface area (Å²) >= 11 is 3.34. The van der Waals surface area contributed by atoms with Crippen LogP contribution in [0.4, 0.5) is 0 Å². The fourth-order valence-corrected chi connectivity index (χ4v) is 2.37. The van der Waals surface area contributed by atoms with Gasteiger partial charge >= 0.3 is 0 Å². The fourth-order valence-electron chi connectivity index (χ4n) is 2.10. The molecule has 0 saturated carbocycles. The number of hydrogen-bond acceptors (Lipinski definition) is 3. The van der Waals surface area contributed by atoms with Crippen LogP contribution in [-0.4, -0.2) is 36.5 Å². The lowest BCUT2D eigenvalue weighted by atomic mass is 10.2. The molecule has 0 fully saturated rings. The van der Waals surface area contributed by atoms with Gasteiger partial charge in [-0.15, -0.1) is 0 Å². The number of carbonyl (C=O) groups is 1. The highest BCUT2D eigenvalue weighted by Crippen LogP contribution is 2.10. The number of halogens is 1. The van der Waals surface area contributed by atoms with Gasteiger partial charge in [-0.25, -0.2) is 0 Å². The van der Waals surface area contributed by atoms with Crippen molar-refractivity contribution in [2.75, 3.05) is 19.6 Å². The van der Waals surface area contributed by atoms with E-state index in [2.05, 4.69) is 36.5 Å². The van der Waals surface area contributed by atoms with Crippen LogP contribution in [0.15, 0.2) is 58.1 Å². The zero-order chi connectivity index (χ0) is 17.9. The number of nitrogens with one attached hydrogen (secondary N) is 2. The van der Waals surface area contributed by atoms with Gasteiger partial charge in [-0.1, -0.05) is 22.0 Å². The van der Waals surface area contributed by atoms with Gasteiger partial charge < -0.3 is 16.4 Å². The van der Waals surface area contributed by atoms with Crippen LogP contribution in [0.1, 0.15) is 22.5 Å². The Bertz CT molecular complexity index is 688. The summed E-state index contributed by atoms with van der Waals surface area (Å²) in [6.45, 7) is 1.80. The minimum atomic E-state index is -0.0852. The molecule has 0 aliphatic rings.